The van der Waals surface area contributed by atoms with E-state index in [-0.39, 0.29) is 0 Å². The number of nitrogens with zero attached hydrogens (tertiary/aromatic N) is 2. The maximum Gasteiger partial charge on any atom is 0.227 e. The molecule has 0 saturated carbocycles. The van der Waals surface area contributed by atoms with Crippen molar-refractivity contribution in [3.05, 3.63) is 36.0 Å². The van der Waals surface area contributed by atoms with Crippen LogP contribution in [-0.2, 0) is 13.0 Å². The normalized spacial score (nSPS) is 13.5. The summed E-state index contributed by atoms with van der Waals surface area (Å²) in [5.74, 6) is 2.31. The number of para-hydroxylation sites is 1. The summed E-state index contributed by atoms with van der Waals surface area (Å²) in [7, 11) is 0. The Labute approximate surface area is 110 Å². The Kier molecular flexibility index (Phi) is 3.60. The van der Waals surface area contributed by atoms with Crippen LogP contribution in [-0.4, -0.2) is 29.9 Å². The molecule has 100 valence electrons. The molecule has 0 bridgehead atoms. The molecule has 6 heteroatoms. The van der Waals surface area contributed by atoms with Crippen LogP contribution in [0.4, 0.5) is 0 Å². The van der Waals surface area contributed by atoms with E-state index in [0.29, 0.717) is 25.5 Å². The fraction of sp³-hybridized carbons (Fsp3) is 0.385. The molecule has 6 nitrogen and oxygen atoms in total. The van der Waals surface area contributed by atoms with E-state index >= 15 is 0 Å². The lowest BCUT2D eigenvalue weighted by Crippen LogP contribution is -2.20. The first-order valence-corrected chi connectivity index (χ1v) is 6.27. The van der Waals surface area contributed by atoms with Crippen molar-refractivity contribution in [2.75, 3.05) is 19.8 Å². The average Bonchev–Trinajstić information content (AvgIpc) is 2.97. The maximum atomic E-state index is 5.65. The summed E-state index contributed by atoms with van der Waals surface area (Å²) in [6.45, 7) is 2.71. The molecule has 1 aliphatic heterocycles. The second-order valence-corrected chi connectivity index (χ2v) is 4.20. The third-order valence-corrected chi connectivity index (χ3v) is 2.89. The molecule has 0 spiro atoms. The van der Waals surface area contributed by atoms with E-state index < -0.39 is 0 Å². The lowest BCUT2D eigenvalue weighted by Gasteiger charge is -2.21. The van der Waals surface area contributed by atoms with Crippen molar-refractivity contribution in [3.63, 3.8) is 0 Å². The van der Waals surface area contributed by atoms with Gasteiger partial charge in [0.1, 0.15) is 13.2 Å². The van der Waals surface area contributed by atoms with Gasteiger partial charge in [-0.3, -0.25) is 0 Å². The summed E-state index contributed by atoms with van der Waals surface area (Å²) in [5.41, 5.74) is 1.10. The Balaban J connectivity index is 1.55. The maximum absolute atomic E-state index is 5.65. The Morgan fingerprint density at radius 1 is 1.21 bits per heavy atom. The molecule has 2 aromatic rings. The van der Waals surface area contributed by atoms with Crippen molar-refractivity contribution in [1.82, 2.24) is 15.5 Å². The van der Waals surface area contributed by atoms with Crippen molar-refractivity contribution in [2.24, 2.45) is 0 Å². The van der Waals surface area contributed by atoms with Crippen molar-refractivity contribution in [1.29, 1.82) is 0 Å². The van der Waals surface area contributed by atoms with Crippen molar-refractivity contribution in [3.8, 4) is 11.5 Å². The van der Waals surface area contributed by atoms with E-state index in [1.807, 2.05) is 18.2 Å². The molecule has 19 heavy (non-hydrogen) atoms. The van der Waals surface area contributed by atoms with Gasteiger partial charge in [0.2, 0.25) is 5.89 Å². The van der Waals surface area contributed by atoms with Gasteiger partial charge in [-0.05, 0) is 6.07 Å². The molecular weight excluding hydrogens is 246 g/mol. The Hall–Kier alpha value is -2.08. The molecule has 3 rings (SSSR count). The van der Waals surface area contributed by atoms with Crippen LogP contribution in [0.2, 0.25) is 0 Å². The number of aromatic nitrogens is 2. The van der Waals surface area contributed by atoms with Gasteiger partial charge in [-0.25, -0.2) is 0 Å². The number of hydrogen-bond acceptors (Lipinski definition) is 6. The lowest BCUT2D eigenvalue weighted by atomic mass is 10.1. The van der Waals surface area contributed by atoms with Crippen molar-refractivity contribution < 1.29 is 14.0 Å². The number of nitrogens with one attached hydrogen (secondary N) is 1. The van der Waals surface area contributed by atoms with Gasteiger partial charge in [-0.1, -0.05) is 17.3 Å². The summed E-state index contributed by atoms with van der Waals surface area (Å²) in [4.78, 5) is 3.97. The highest BCUT2D eigenvalue weighted by Crippen LogP contribution is 2.33. The van der Waals surface area contributed by atoms with Gasteiger partial charge in [0.15, 0.2) is 17.8 Å². The lowest BCUT2D eigenvalue weighted by molar-refractivity contribution is 0.169. The third kappa shape index (κ3) is 2.85. The molecule has 1 aromatic heterocycles. The molecule has 1 N–H and O–H groups in total. The van der Waals surface area contributed by atoms with Gasteiger partial charge >= 0.3 is 0 Å². The number of ether oxygens (including phenoxy) is 2. The fourth-order valence-corrected chi connectivity index (χ4v) is 2.00. The smallest absolute Gasteiger partial charge is 0.227 e. The predicted octanol–water partition coefficient (Wildman–Crippen LogP) is 1.17. The Morgan fingerprint density at radius 2 is 2.16 bits per heavy atom. The minimum absolute atomic E-state index is 0.603. The van der Waals surface area contributed by atoms with Crippen LogP contribution in [0.3, 0.4) is 0 Å². The molecule has 0 atom stereocenters. The van der Waals surface area contributed by atoms with Crippen LogP contribution in [0, 0.1) is 0 Å². The summed E-state index contributed by atoms with van der Waals surface area (Å²) in [5, 5.41) is 6.89. The molecule has 0 aliphatic carbocycles. The largest absolute Gasteiger partial charge is 0.486 e. The van der Waals surface area contributed by atoms with E-state index in [1.165, 1.54) is 6.33 Å². The summed E-state index contributed by atoms with van der Waals surface area (Å²) < 4.78 is 16.1. The zero-order valence-electron chi connectivity index (χ0n) is 10.5. The highest BCUT2D eigenvalue weighted by atomic mass is 16.6. The second-order valence-electron chi connectivity index (χ2n) is 4.20. The van der Waals surface area contributed by atoms with Gasteiger partial charge in [0, 0.05) is 25.1 Å². The number of hydrogen-bond donors (Lipinski definition) is 1. The Bertz CT molecular complexity index is 528. The predicted molar refractivity (Wildman–Crippen MR) is 67.1 cm³/mol. The summed E-state index contributed by atoms with van der Waals surface area (Å²) in [6.07, 6.45) is 2.13. The van der Waals surface area contributed by atoms with Crippen molar-refractivity contribution >= 4 is 0 Å². The minimum Gasteiger partial charge on any atom is -0.486 e. The first kappa shape index (κ1) is 12.0. The van der Waals surface area contributed by atoms with Gasteiger partial charge in [0.25, 0.3) is 0 Å². The van der Waals surface area contributed by atoms with Crippen LogP contribution < -0.4 is 14.8 Å². The zero-order chi connectivity index (χ0) is 12.9. The fourth-order valence-electron chi connectivity index (χ4n) is 2.00. The monoisotopic (exact) mass is 261 g/mol. The quantitative estimate of drug-likeness (QED) is 0.815. The van der Waals surface area contributed by atoms with Crippen LogP contribution in [0.1, 0.15) is 11.5 Å². The zero-order valence-corrected chi connectivity index (χ0v) is 10.5. The van der Waals surface area contributed by atoms with Crippen LogP contribution in [0.5, 0.6) is 11.5 Å². The molecule has 0 amide bonds. The van der Waals surface area contributed by atoms with Crippen LogP contribution in [0.15, 0.2) is 29.0 Å². The first-order chi connectivity index (χ1) is 9.43. The van der Waals surface area contributed by atoms with E-state index in [2.05, 4.69) is 15.5 Å². The average molecular weight is 261 g/mol. The van der Waals surface area contributed by atoms with E-state index in [0.717, 1.165) is 30.2 Å². The SMILES string of the molecule is c1cc(CNCCc2ncno2)c2c(c1)OCCO2. The highest BCUT2D eigenvalue weighted by Gasteiger charge is 2.14. The molecule has 2 heterocycles. The van der Waals surface area contributed by atoms with Gasteiger partial charge in [0.05, 0.1) is 0 Å². The number of rotatable bonds is 5. The van der Waals surface area contributed by atoms with Gasteiger partial charge in [-0.2, -0.15) is 4.98 Å². The first-order valence-electron chi connectivity index (χ1n) is 6.27. The van der Waals surface area contributed by atoms with E-state index in [1.54, 1.807) is 0 Å². The van der Waals surface area contributed by atoms with Gasteiger partial charge < -0.3 is 19.3 Å². The highest BCUT2D eigenvalue weighted by molar-refractivity contribution is 5.47. The number of fused-ring (bicyclic) bond motifs is 1. The second kappa shape index (κ2) is 5.71. The summed E-state index contributed by atoms with van der Waals surface area (Å²) >= 11 is 0. The standard InChI is InChI=1S/C13H15N3O3/c1-2-10(13-11(3-1)17-6-7-18-13)8-14-5-4-12-15-9-16-19-12/h1-3,9,14H,4-8H2. The van der Waals surface area contributed by atoms with E-state index in [9.17, 15) is 0 Å². The molecule has 0 fully saturated rings. The molecular formula is C13H15N3O3. The molecule has 1 aliphatic rings. The van der Waals surface area contributed by atoms with Crippen LogP contribution in [0.25, 0.3) is 0 Å². The van der Waals surface area contributed by atoms with E-state index in [4.69, 9.17) is 14.0 Å². The Morgan fingerprint density at radius 3 is 3.05 bits per heavy atom. The minimum atomic E-state index is 0.603. The summed E-state index contributed by atoms with van der Waals surface area (Å²) in [6, 6.07) is 5.94. The molecule has 1 aromatic carbocycles. The van der Waals surface area contributed by atoms with Gasteiger partial charge in [-0.15, -0.1) is 0 Å². The topological polar surface area (TPSA) is 69.4 Å². The molecule has 0 unspecified atom stereocenters. The molecule has 0 saturated heterocycles. The third-order valence-electron chi connectivity index (χ3n) is 2.89. The molecule has 0 radical (unpaired) electrons. The van der Waals surface area contributed by atoms with Crippen molar-refractivity contribution in [2.45, 2.75) is 13.0 Å². The number of benzene rings is 1. The van der Waals surface area contributed by atoms with Crippen LogP contribution >= 0.6 is 0 Å².